The number of halogens is 3. The molecule has 8 heteroatoms. The fraction of sp³-hybridized carbons (Fsp3) is 0.562. The number of likely N-dealkylation sites (N-methyl/N-ethyl adjacent to an activating group) is 1. The van der Waals surface area contributed by atoms with Crippen LogP contribution in [0.4, 0.5) is 18.9 Å². The Hall–Kier alpha value is -1.80. The number of piperazine rings is 1. The van der Waals surface area contributed by atoms with E-state index in [1.165, 1.54) is 0 Å². The second kappa shape index (κ2) is 8.34. The molecule has 1 aliphatic heterocycles. The lowest BCUT2D eigenvalue weighted by atomic mass is 10.1. The molecule has 0 aromatic heterocycles. The summed E-state index contributed by atoms with van der Waals surface area (Å²) in [6.07, 6.45) is -4.35. The lowest BCUT2D eigenvalue weighted by Crippen LogP contribution is -2.45. The predicted octanol–water partition coefficient (Wildman–Crippen LogP) is 1.75. The van der Waals surface area contributed by atoms with Crippen LogP contribution in [0.5, 0.6) is 0 Å². The number of hydrogen-bond acceptors (Lipinski definition) is 4. The molecule has 0 aliphatic carbocycles. The molecule has 1 N–H and O–H groups in total. The number of ether oxygens (including phenoxy) is 1. The zero-order valence-corrected chi connectivity index (χ0v) is 13.6. The number of alkyl halides is 3. The third-order valence-corrected chi connectivity index (χ3v) is 3.79. The van der Waals surface area contributed by atoms with Crippen molar-refractivity contribution in [1.29, 1.82) is 0 Å². The highest BCUT2D eigenvalue weighted by molar-refractivity contribution is 5.99. The lowest BCUT2D eigenvalue weighted by Gasteiger charge is -2.35. The summed E-state index contributed by atoms with van der Waals surface area (Å²) in [6, 6.07) is 7.26. The Bertz CT molecular complexity index is 544. The molecular formula is C16H22F3N3O2. The maximum atomic E-state index is 12.3. The molecule has 0 bridgehead atoms. The minimum absolute atomic E-state index is 0.0337. The van der Waals surface area contributed by atoms with Crippen LogP contribution in [0.15, 0.2) is 24.3 Å². The minimum atomic E-state index is -4.35. The van der Waals surface area contributed by atoms with Gasteiger partial charge in [0, 0.05) is 38.4 Å². The highest BCUT2D eigenvalue weighted by Crippen LogP contribution is 2.21. The van der Waals surface area contributed by atoms with Crippen molar-refractivity contribution in [2.24, 2.45) is 0 Å². The van der Waals surface area contributed by atoms with Gasteiger partial charge in [-0.05, 0) is 19.2 Å². The topological polar surface area (TPSA) is 44.8 Å². The number of benzene rings is 1. The van der Waals surface area contributed by atoms with Crippen LogP contribution in [0.3, 0.4) is 0 Å². The fourth-order valence-corrected chi connectivity index (χ4v) is 2.51. The van der Waals surface area contributed by atoms with Gasteiger partial charge in [-0.25, -0.2) is 0 Å². The highest BCUT2D eigenvalue weighted by Gasteiger charge is 2.27. The Kier molecular flexibility index (Phi) is 6.44. The van der Waals surface area contributed by atoms with E-state index in [0.717, 1.165) is 31.9 Å². The van der Waals surface area contributed by atoms with Crippen LogP contribution in [0.2, 0.25) is 0 Å². The molecule has 0 atom stereocenters. The van der Waals surface area contributed by atoms with E-state index in [1.54, 1.807) is 12.1 Å². The van der Waals surface area contributed by atoms with Crippen LogP contribution >= 0.6 is 0 Å². The van der Waals surface area contributed by atoms with Gasteiger partial charge in [0.05, 0.1) is 12.2 Å². The van der Waals surface area contributed by atoms with E-state index in [4.69, 9.17) is 0 Å². The van der Waals surface area contributed by atoms with E-state index in [-0.39, 0.29) is 19.1 Å². The average molecular weight is 345 g/mol. The summed E-state index contributed by atoms with van der Waals surface area (Å²) in [4.78, 5) is 16.7. The quantitative estimate of drug-likeness (QED) is 0.798. The molecule has 0 unspecified atom stereocenters. The Morgan fingerprint density at radius 2 is 1.88 bits per heavy atom. The molecule has 134 valence electrons. The number of amides is 1. The summed E-state index contributed by atoms with van der Waals surface area (Å²) in [5.74, 6) is -0.305. The van der Waals surface area contributed by atoms with Crippen molar-refractivity contribution in [2.45, 2.75) is 6.18 Å². The summed E-state index contributed by atoms with van der Waals surface area (Å²) in [6.45, 7) is 2.04. The fourth-order valence-electron chi connectivity index (χ4n) is 2.51. The minimum Gasteiger partial charge on any atom is -0.370 e. The number of carbonyl (C=O) groups excluding carboxylic acids is 1. The molecule has 1 aromatic carbocycles. The summed E-state index contributed by atoms with van der Waals surface area (Å²) >= 11 is 0. The van der Waals surface area contributed by atoms with E-state index >= 15 is 0 Å². The number of para-hydroxylation sites is 1. The maximum absolute atomic E-state index is 12.3. The molecule has 1 saturated heterocycles. The second-order valence-electron chi connectivity index (χ2n) is 5.73. The lowest BCUT2D eigenvalue weighted by molar-refractivity contribution is -0.173. The van der Waals surface area contributed by atoms with Gasteiger partial charge in [-0.1, -0.05) is 12.1 Å². The molecule has 0 spiro atoms. The van der Waals surface area contributed by atoms with E-state index in [2.05, 4.69) is 26.9 Å². The van der Waals surface area contributed by atoms with Crippen molar-refractivity contribution in [1.82, 2.24) is 10.2 Å². The van der Waals surface area contributed by atoms with Gasteiger partial charge in [0.25, 0.3) is 5.91 Å². The number of nitrogens with zero attached hydrogens (tertiary/aromatic N) is 2. The summed E-state index contributed by atoms with van der Waals surface area (Å²) in [5, 5.41) is 2.61. The zero-order valence-electron chi connectivity index (χ0n) is 13.6. The van der Waals surface area contributed by atoms with Gasteiger partial charge >= 0.3 is 6.18 Å². The van der Waals surface area contributed by atoms with Crippen molar-refractivity contribution < 1.29 is 22.7 Å². The van der Waals surface area contributed by atoms with Crippen molar-refractivity contribution >= 4 is 11.6 Å². The Morgan fingerprint density at radius 1 is 1.21 bits per heavy atom. The van der Waals surface area contributed by atoms with Gasteiger partial charge in [-0.15, -0.1) is 0 Å². The number of anilines is 1. The van der Waals surface area contributed by atoms with Gasteiger partial charge in [-0.2, -0.15) is 13.2 Å². The third-order valence-electron chi connectivity index (χ3n) is 3.79. The smallest absolute Gasteiger partial charge is 0.370 e. The van der Waals surface area contributed by atoms with Crippen molar-refractivity contribution in [3.8, 4) is 0 Å². The van der Waals surface area contributed by atoms with Gasteiger partial charge in [0.15, 0.2) is 0 Å². The SMILES string of the molecule is CN1CCN(c2ccccc2C(=O)NCCOCC(F)(F)F)CC1. The van der Waals surface area contributed by atoms with E-state index in [1.807, 2.05) is 12.1 Å². The predicted molar refractivity (Wildman–Crippen MR) is 85.4 cm³/mol. The monoisotopic (exact) mass is 345 g/mol. The van der Waals surface area contributed by atoms with Gasteiger partial charge < -0.3 is 19.9 Å². The van der Waals surface area contributed by atoms with E-state index in [9.17, 15) is 18.0 Å². The Balaban J connectivity index is 1.88. The maximum Gasteiger partial charge on any atom is 0.411 e. The molecule has 1 aromatic rings. The first-order chi connectivity index (χ1) is 11.4. The first-order valence-corrected chi connectivity index (χ1v) is 7.82. The normalized spacial score (nSPS) is 16.2. The number of hydrogen-bond donors (Lipinski definition) is 1. The Morgan fingerprint density at radius 3 is 2.54 bits per heavy atom. The molecule has 1 amide bonds. The number of nitrogens with one attached hydrogen (secondary N) is 1. The van der Waals surface area contributed by atoms with Crippen molar-refractivity contribution in [3.63, 3.8) is 0 Å². The molecule has 2 rings (SSSR count). The van der Waals surface area contributed by atoms with E-state index < -0.39 is 12.8 Å². The van der Waals surface area contributed by atoms with Gasteiger partial charge in [0.2, 0.25) is 0 Å². The van der Waals surface area contributed by atoms with Crippen LogP contribution in [-0.2, 0) is 4.74 Å². The first kappa shape index (κ1) is 18.5. The highest BCUT2D eigenvalue weighted by atomic mass is 19.4. The second-order valence-corrected chi connectivity index (χ2v) is 5.73. The number of carbonyl (C=O) groups is 1. The molecule has 0 radical (unpaired) electrons. The van der Waals surface area contributed by atoms with Crippen LogP contribution in [0, 0.1) is 0 Å². The van der Waals surface area contributed by atoms with Crippen molar-refractivity contribution in [2.75, 3.05) is 57.9 Å². The van der Waals surface area contributed by atoms with E-state index in [0.29, 0.717) is 5.56 Å². The molecule has 0 saturated carbocycles. The van der Waals surface area contributed by atoms with Crippen LogP contribution in [0.1, 0.15) is 10.4 Å². The first-order valence-electron chi connectivity index (χ1n) is 7.82. The summed E-state index contributed by atoms with van der Waals surface area (Å²) in [5.41, 5.74) is 1.37. The zero-order chi connectivity index (χ0) is 17.6. The van der Waals surface area contributed by atoms with Crippen LogP contribution in [-0.4, -0.2) is 70.0 Å². The average Bonchev–Trinajstić information content (AvgIpc) is 2.54. The van der Waals surface area contributed by atoms with Crippen LogP contribution in [0.25, 0.3) is 0 Å². The van der Waals surface area contributed by atoms with Gasteiger partial charge in [0.1, 0.15) is 6.61 Å². The standard InChI is InChI=1S/C16H22F3N3O2/c1-21-7-9-22(10-8-21)14-5-3-2-4-13(14)15(23)20-6-11-24-12-16(17,18)19/h2-5H,6-12H2,1H3,(H,20,23). The molecule has 1 fully saturated rings. The third kappa shape index (κ3) is 5.68. The summed E-state index contributed by atoms with van der Waals surface area (Å²) < 4.78 is 40.4. The molecule has 1 aliphatic rings. The van der Waals surface area contributed by atoms with Crippen molar-refractivity contribution in [3.05, 3.63) is 29.8 Å². The van der Waals surface area contributed by atoms with Gasteiger partial charge in [-0.3, -0.25) is 4.79 Å². The number of rotatable bonds is 6. The molecule has 24 heavy (non-hydrogen) atoms. The largest absolute Gasteiger partial charge is 0.411 e. The summed E-state index contributed by atoms with van der Waals surface area (Å²) in [7, 11) is 2.05. The molecule has 1 heterocycles. The Labute approximate surface area is 139 Å². The van der Waals surface area contributed by atoms with Crippen LogP contribution < -0.4 is 10.2 Å². The molecular weight excluding hydrogens is 323 g/mol. The molecule has 5 nitrogen and oxygen atoms in total.